The van der Waals surface area contributed by atoms with E-state index in [4.69, 9.17) is 4.74 Å². The fraction of sp³-hybridized carbons (Fsp3) is 0.889. The van der Waals surface area contributed by atoms with Crippen molar-refractivity contribution in [3.8, 4) is 0 Å². The SMILES string of the molecule is CC(C(=O)N1CCCOCC1)C(F)(F)F. The average molecular weight is 225 g/mol. The van der Waals surface area contributed by atoms with E-state index in [2.05, 4.69) is 0 Å². The molecule has 0 radical (unpaired) electrons. The van der Waals surface area contributed by atoms with Crippen molar-refractivity contribution in [1.82, 2.24) is 4.90 Å². The van der Waals surface area contributed by atoms with Crippen LogP contribution in [-0.2, 0) is 9.53 Å². The second kappa shape index (κ2) is 4.83. The van der Waals surface area contributed by atoms with Crippen molar-refractivity contribution in [1.29, 1.82) is 0 Å². The molecule has 1 aliphatic heterocycles. The van der Waals surface area contributed by atoms with Gasteiger partial charge in [0.25, 0.3) is 0 Å². The van der Waals surface area contributed by atoms with Crippen LogP contribution in [0.15, 0.2) is 0 Å². The van der Waals surface area contributed by atoms with Crippen LogP contribution in [0.5, 0.6) is 0 Å². The molecule has 0 bridgehead atoms. The second-order valence-electron chi connectivity index (χ2n) is 3.55. The van der Waals surface area contributed by atoms with Gasteiger partial charge in [0.1, 0.15) is 5.92 Å². The highest BCUT2D eigenvalue weighted by Crippen LogP contribution is 2.27. The molecule has 1 unspecified atom stereocenters. The lowest BCUT2D eigenvalue weighted by Gasteiger charge is -2.24. The number of rotatable bonds is 1. The van der Waals surface area contributed by atoms with E-state index in [1.54, 1.807) is 0 Å². The van der Waals surface area contributed by atoms with E-state index in [-0.39, 0.29) is 6.54 Å². The van der Waals surface area contributed by atoms with E-state index in [9.17, 15) is 18.0 Å². The normalized spacial score (nSPS) is 20.9. The number of nitrogens with zero attached hydrogens (tertiary/aromatic N) is 1. The highest BCUT2D eigenvalue weighted by atomic mass is 19.4. The first-order chi connectivity index (χ1) is 6.93. The van der Waals surface area contributed by atoms with Gasteiger partial charge in [-0.2, -0.15) is 13.2 Å². The lowest BCUT2D eigenvalue weighted by Crippen LogP contribution is -2.42. The first-order valence-corrected chi connectivity index (χ1v) is 4.86. The van der Waals surface area contributed by atoms with Gasteiger partial charge in [-0.3, -0.25) is 4.79 Å². The van der Waals surface area contributed by atoms with Crippen LogP contribution in [0.25, 0.3) is 0 Å². The topological polar surface area (TPSA) is 29.5 Å². The predicted molar refractivity (Wildman–Crippen MR) is 47.2 cm³/mol. The molecule has 3 nitrogen and oxygen atoms in total. The van der Waals surface area contributed by atoms with Crippen LogP contribution >= 0.6 is 0 Å². The standard InChI is InChI=1S/C9H14F3NO2/c1-7(9(10,11)12)8(14)13-3-2-5-15-6-4-13/h7H,2-6H2,1H3. The zero-order chi connectivity index (χ0) is 11.5. The minimum Gasteiger partial charge on any atom is -0.380 e. The first kappa shape index (κ1) is 12.3. The van der Waals surface area contributed by atoms with Crippen molar-refractivity contribution >= 4 is 5.91 Å². The molecule has 1 aliphatic rings. The molecule has 6 heteroatoms. The molecular formula is C9H14F3NO2. The third kappa shape index (κ3) is 3.37. The van der Waals surface area contributed by atoms with Crippen LogP contribution < -0.4 is 0 Å². The first-order valence-electron chi connectivity index (χ1n) is 4.86. The summed E-state index contributed by atoms with van der Waals surface area (Å²) >= 11 is 0. The van der Waals surface area contributed by atoms with Crippen molar-refractivity contribution < 1.29 is 22.7 Å². The molecule has 1 amide bonds. The van der Waals surface area contributed by atoms with Gasteiger partial charge in [0.05, 0.1) is 6.61 Å². The molecule has 15 heavy (non-hydrogen) atoms. The van der Waals surface area contributed by atoms with Crippen LogP contribution in [0.3, 0.4) is 0 Å². The summed E-state index contributed by atoms with van der Waals surface area (Å²) < 4.78 is 41.9. The molecule has 1 fully saturated rings. The van der Waals surface area contributed by atoms with Crippen LogP contribution in [0, 0.1) is 5.92 Å². The van der Waals surface area contributed by atoms with Crippen molar-refractivity contribution in [2.24, 2.45) is 5.92 Å². The summed E-state index contributed by atoms with van der Waals surface area (Å²) in [5.74, 6) is -2.77. The van der Waals surface area contributed by atoms with Gasteiger partial charge in [0.2, 0.25) is 5.91 Å². The van der Waals surface area contributed by atoms with Gasteiger partial charge in [0.15, 0.2) is 0 Å². The maximum absolute atomic E-state index is 12.3. The summed E-state index contributed by atoms with van der Waals surface area (Å²) in [5, 5.41) is 0. The van der Waals surface area contributed by atoms with Crippen molar-refractivity contribution in [3.63, 3.8) is 0 Å². The van der Waals surface area contributed by atoms with Crippen LogP contribution in [0.2, 0.25) is 0 Å². The van der Waals surface area contributed by atoms with E-state index in [0.717, 1.165) is 6.92 Å². The molecule has 1 atom stereocenters. The molecule has 1 rings (SSSR count). The van der Waals surface area contributed by atoms with Gasteiger partial charge < -0.3 is 9.64 Å². The number of halogens is 3. The van der Waals surface area contributed by atoms with E-state index >= 15 is 0 Å². The number of carbonyl (C=O) groups is 1. The Morgan fingerprint density at radius 3 is 2.60 bits per heavy atom. The zero-order valence-electron chi connectivity index (χ0n) is 8.51. The number of hydrogen-bond acceptors (Lipinski definition) is 2. The Kier molecular flexibility index (Phi) is 3.96. The molecule has 0 aliphatic carbocycles. The minimum atomic E-state index is -4.45. The Balaban J connectivity index is 2.58. The van der Waals surface area contributed by atoms with Crippen molar-refractivity contribution in [2.45, 2.75) is 19.5 Å². The van der Waals surface area contributed by atoms with E-state index < -0.39 is 18.0 Å². The third-order valence-corrected chi connectivity index (χ3v) is 2.40. The highest BCUT2D eigenvalue weighted by molar-refractivity contribution is 5.79. The number of carbonyl (C=O) groups excluding carboxylic acids is 1. The molecular weight excluding hydrogens is 211 g/mol. The number of ether oxygens (including phenoxy) is 1. The Labute approximate surface area is 86.2 Å². The number of hydrogen-bond donors (Lipinski definition) is 0. The molecule has 0 aromatic heterocycles. The van der Waals surface area contributed by atoms with Gasteiger partial charge in [-0.25, -0.2) is 0 Å². The Hall–Kier alpha value is -0.780. The molecule has 0 spiro atoms. The lowest BCUT2D eigenvalue weighted by molar-refractivity contribution is -0.185. The summed E-state index contributed by atoms with van der Waals surface area (Å²) in [4.78, 5) is 12.7. The summed E-state index contributed by atoms with van der Waals surface area (Å²) in [5.41, 5.74) is 0. The smallest absolute Gasteiger partial charge is 0.380 e. The third-order valence-electron chi connectivity index (χ3n) is 2.40. The summed E-state index contributed by atoms with van der Waals surface area (Å²) in [6.45, 7) is 2.31. The summed E-state index contributed by atoms with van der Waals surface area (Å²) in [7, 11) is 0. The number of alkyl halides is 3. The molecule has 1 saturated heterocycles. The van der Waals surface area contributed by atoms with E-state index in [1.807, 2.05) is 0 Å². The van der Waals surface area contributed by atoms with Crippen LogP contribution in [0.4, 0.5) is 13.2 Å². The predicted octanol–water partition coefficient (Wildman–Crippen LogP) is 1.43. The fourth-order valence-corrected chi connectivity index (χ4v) is 1.38. The molecule has 0 aromatic carbocycles. The number of amides is 1. The summed E-state index contributed by atoms with van der Waals surface area (Å²) in [6, 6.07) is 0. The Morgan fingerprint density at radius 1 is 1.33 bits per heavy atom. The van der Waals surface area contributed by atoms with E-state index in [0.29, 0.717) is 26.2 Å². The van der Waals surface area contributed by atoms with Crippen molar-refractivity contribution in [2.75, 3.05) is 26.3 Å². The quantitative estimate of drug-likeness (QED) is 0.675. The summed E-state index contributed by atoms with van der Waals surface area (Å²) in [6.07, 6.45) is -3.86. The molecule has 0 saturated carbocycles. The zero-order valence-corrected chi connectivity index (χ0v) is 8.51. The lowest BCUT2D eigenvalue weighted by atomic mass is 10.1. The van der Waals surface area contributed by atoms with Gasteiger partial charge in [-0.15, -0.1) is 0 Å². The average Bonchev–Trinajstić information content (AvgIpc) is 2.42. The fourth-order valence-electron chi connectivity index (χ4n) is 1.38. The highest BCUT2D eigenvalue weighted by Gasteiger charge is 2.42. The minimum absolute atomic E-state index is 0.249. The van der Waals surface area contributed by atoms with Crippen LogP contribution in [0.1, 0.15) is 13.3 Å². The maximum Gasteiger partial charge on any atom is 0.400 e. The van der Waals surface area contributed by atoms with Gasteiger partial charge >= 0.3 is 6.18 Å². The van der Waals surface area contributed by atoms with Crippen LogP contribution in [-0.4, -0.2) is 43.3 Å². The Morgan fingerprint density at radius 2 is 2.00 bits per heavy atom. The van der Waals surface area contributed by atoms with Gasteiger partial charge in [-0.05, 0) is 13.3 Å². The van der Waals surface area contributed by atoms with Crippen molar-refractivity contribution in [3.05, 3.63) is 0 Å². The molecule has 88 valence electrons. The molecule has 0 N–H and O–H groups in total. The van der Waals surface area contributed by atoms with Gasteiger partial charge in [0, 0.05) is 19.7 Å². The monoisotopic (exact) mass is 225 g/mol. The largest absolute Gasteiger partial charge is 0.400 e. The molecule has 1 heterocycles. The van der Waals surface area contributed by atoms with Gasteiger partial charge in [-0.1, -0.05) is 0 Å². The maximum atomic E-state index is 12.3. The molecule has 0 aromatic rings. The van der Waals surface area contributed by atoms with E-state index in [1.165, 1.54) is 4.90 Å². The Bertz CT molecular complexity index is 222. The second-order valence-corrected chi connectivity index (χ2v) is 3.55.